The summed E-state index contributed by atoms with van der Waals surface area (Å²) in [6.07, 6.45) is 4.34. The first-order valence-corrected chi connectivity index (χ1v) is 7.98. The molecular weight excluding hydrogens is 275 g/mol. The van der Waals surface area contributed by atoms with Crippen LogP contribution < -0.4 is 9.34 Å². The minimum absolute atomic E-state index is 1.16. The zero-order valence-electron chi connectivity index (χ0n) is 13.0. The van der Waals surface area contributed by atoms with Crippen LogP contribution in [0, 0.1) is 27.7 Å². The molecule has 0 unspecified atom stereocenters. The third kappa shape index (κ3) is 2.56. The highest BCUT2D eigenvalue weighted by Crippen LogP contribution is 2.44. The van der Waals surface area contributed by atoms with Crippen LogP contribution in [0.5, 0.6) is 0 Å². The molecule has 3 rings (SSSR count). The molecule has 0 radical (unpaired) electrons. The lowest BCUT2D eigenvalue weighted by molar-refractivity contribution is 1.30. The Bertz CT molecular complexity index is 606. The molecule has 0 saturated carbocycles. The lowest BCUT2D eigenvalue weighted by atomic mass is 10.1. The van der Waals surface area contributed by atoms with E-state index < -0.39 is 0 Å². The summed E-state index contributed by atoms with van der Waals surface area (Å²) < 4.78 is 4.60. The molecule has 0 amide bonds. The van der Waals surface area contributed by atoms with E-state index in [0.717, 1.165) is 8.88 Å². The highest BCUT2D eigenvalue weighted by molar-refractivity contribution is 7.43. The molecular formula is C18H20N2P-. The van der Waals surface area contributed by atoms with Crippen LogP contribution in [0.4, 0.5) is 11.4 Å². The van der Waals surface area contributed by atoms with Crippen LogP contribution in [-0.2, 0) is 0 Å². The van der Waals surface area contributed by atoms with Crippen molar-refractivity contribution in [3.63, 3.8) is 0 Å². The Balaban J connectivity index is 1.92. The van der Waals surface area contributed by atoms with Crippen molar-refractivity contribution in [2.45, 2.75) is 27.7 Å². The Hall–Kier alpha value is -1.79. The molecule has 0 spiro atoms. The minimum atomic E-state index is 1.16. The molecule has 2 aromatic rings. The lowest BCUT2D eigenvalue weighted by Crippen LogP contribution is -2.09. The molecule has 108 valence electrons. The topological polar surface area (TPSA) is 6.48 Å². The summed E-state index contributed by atoms with van der Waals surface area (Å²) in [4.78, 5) is 0. The van der Waals surface area contributed by atoms with Gasteiger partial charge in [0.1, 0.15) is 0 Å². The largest absolute Gasteiger partial charge is 0.483 e. The Morgan fingerprint density at radius 2 is 0.952 bits per heavy atom. The molecule has 2 aromatic carbocycles. The molecule has 2 nitrogen and oxygen atoms in total. The SMILES string of the molecule is Cc1cccc(C)c1N1C=CN(c2c(C)cccc2C)[P-]1. The van der Waals surface area contributed by atoms with Crippen molar-refractivity contribution < 1.29 is 0 Å². The summed E-state index contributed by atoms with van der Waals surface area (Å²) in [5.74, 6) is 0. The van der Waals surface area contributed by atoms with E-state index in [1.54, 1.807) is 0 Å². The second-order valence-corrected chi connectivity index (χ2v) is 6.60. The van der Waals surface area contributed by atoms with Gasteiger partial charge in [-0.2, -0.15) is 0 Å². The zero-order chi connectivity index (χ0) is 15.0. The second-order valence-electron chi connectivity index (χ2n) is 5.56. The second kappa shape index (κ2) is 5.54. The first-order valence-electron chi connectivity index (χ1n) is 7.18. The number of hydrogen-bond donors (Lipinski definition) is 0. The van der Waals surface area contributed by atoms with E-state index in [4.69, 9.17) is 0 Å². The average molecular weight is 295 g/mol. The van der Waals surface area contributed by atoms with Gasteiger partial charge in [-0.1, -0.05) is 36.4 Å². The van der Waals surface area contributed by atoms with Crippen LogP contribution in [0.25, 0.3) is 0 Å². The van der Waals surface area contributed by atoms with Gasteiger partial charge in [-0.05, 0) is 62.3 Å². The fraction of sp³-hybridized carbons (Fsp3) is 0.222. The van der Waals surface area contributed by atoms with Crippen LogP contribution in [-0.4, -0.2) is 0 Å². The standard InChI is InChI=1S/C18H20N2P/c1-13-7-5-8-14(2)17(13)19-11-12-20(21-19)18-15(3)9-6-10-16(18)4/h5-12H,1-4H3/q-1. The summed E-state index contributed by atoms with van der Waals surface area (Å²) >= 11 is 0. The van der Waals surface area contributed by atoms with E-state index >= 15 is 0 Å². The summed E-state index contributed by atoms with van der Waals surface area (Å²) in [6, 6.07) is 12.9. The summed E-state index contributed by atoms with van der Waals surface area (Å²) in [6.45, 7) is 8.70. The summed E-state index contributed by atoms with van der Waals surface area (Å²) in [5.41, 5.74) is 7.88. The summed E-state index contributed by atoms with van der Waals surface area (Å²) in [7, 11) is 1.16. The van der Waals surface area contributed by atoms with Crippen LogP contribution >= 0.6 is 8.88 Å². The number of nitrogens with zero attached hydrogens (tertiary/aromatic N) is 2. The number of rotatable bonds is 2. The molecule has 3 heteroatoms. The van der Waals surface area contributed by atoms with Crippen molar-refractivity contribution in [1.29, 1.82) is 0 Å². The van der Waals surface area contributed by atoms with E-state index in [1.807, 2.05) is 0 Å². The zero-order valence-corrected chi connectivity index (χ0v) is 13.9. The monoisotopic (exact) mass is 295 g/mol. The fourth-order valence-corrected chi connectivity index (χ4v) is 4.12. The Kier molecular flexibility index (Phi) is 3.73. The van der Waals surface area contributed by atoms with Gasteiger partial charge in [0, 0.05) is 11.4 Å². The molecule has 1 aliphatic heterocycles. The maximum absolute atomic E-state index is 2.30. The van der Waals surface area contributed by atoms with Gasteiger partial charge in [0.15, 0.2) is 0 Å². The maximum atomic E-state index is 2.30. The molecule has 0 atom stereocenters. The van der Waals surface area contributed by atoms with Crippen molar-refractivity contribution in [1.82, 2.24) is 0 Å². The van der Waals surface area contributed by atoms with Crippen LogP contribution in [0.3, 0.4) is 0 Å². The van der Waals surface area contributed by atoms with Crippen molar-refractivity contribution in [3.05, 3.63) is 71.1 Å². The molecule has 0 fully saturated rings. The first kappa shape index (κ1) is 14.2. The fourth-order valence-electron chi connectivity index (χ4n) is 2.86. The molecule has 0 saturated heterocycles. The van der Waals surface area contributed by atoms with Gasteiger partial charge >= 0.3 is 0 Å². The molecule has 1 heterocycles. The Morgan fingerprint density at radius 3 is 1.29 bits per heavy atom. The lowest BCUT2D eigenvalue weighted by Gasteiger charge is -2.40. The third-order valence-electron chi connectivity index (χ3n) is 3.88. The molecule has 0 aromatic heterocycles. The van der Waals surface area contributed by atoms with Crippen molar-refractivity contribution in [3.8, 4) is 0 Å². The minimum Gasteiger partial charge on any atom is -0.483 e. The smallest absolute Gasteiger partial charge is 0.0189 e. The van der Waals surface area contributed by atoms with Crippen LogP contribution in [0.2, 0.25) is 0 Å². The van der Waals surface area contributed by atoms with E-state index in [9.17, 15) is 0 Å². The molecule has 1 aliphatic rings. The van der Waals surface area contributed by atoms with Crippen molar-refractivity contribution in [2.24, 2.45) is 0 Å². The van der Waals surface area contributed by atoms with Crippen molar-refractivity contribution >= 4 is 20.3 Å². The van der Waals surface area contributed by atoms with Crippen molar-refractivity contribution in [2.75, 3.05) is 9.34 Å². The van der Waals surface area contributed by atoms with Gasteiger partial charge in [-0.15, -0.1) is 0 Å². The van der Waals surface area contributed by atoms with E-state index in [1.165, 1.54) is 33.6 Å². The van der Waals surface area contributed by atoms with Gasteiger partial charge in [-0.3, -0.25) is 0 Å². The Labute approximate surface area is 129 Å². The number of anilines is 2. The molecule has 0 N–H and O–H groups in total. The first-order chi connectivity index (χ1) is 10.1. The van der Waals surface area contributed by atoms with Gasteiger partial charge in [0.05, 0.1) is 0 Å². The summed E-state index contributed by atoms with van der Waals surface area (Å²) in [5, 5.41) is 0. The molecule has 0 bridgehead atoms. The van der Waals surface area contributed by atoms with Gasteiger partial charge in [0.2, 0.25) is 0 Å². The molecule has 0 aliphatic carbocycles. The van der Waals surface area contributed by atoms with E-state index in [0.29, 0.717) is 0 Å². The number of aryl methyl sites for hydroxylation is 4. The number of benzene rings is 2. The highest BCUT2D eigenvalue weighted by Gasteiger charge is 2.11. The number of para-hydroxylation sites is 2. The predicted octanol–water partition coefficient (Wildman–Crippen LogP) is 5.49. The Morgan fingerprint density at radius 1 is 0.619 bits per heavy atom. The third-order valence-corrected chi connectivity index (χ3v) is 4.93. The average Bonchev–Trinajstić information content (AvgIpc) is 2.87. The van der Waals surface area contributed by atoms with E-state index in [-0.39, 0.29) is 0 Å². The van der Waals surface area contributed by atoms with Crippen LogP contribution in [0.1, 0.15) is 22.3 Å². The highest BCUT2D eigenvalue weighted by atomic mass is 31.1. The van der Waals surface area contributed by atoms with Gasteiger partial charge in [0.25, 0.3) is 0 Å². The maximum Gasteiger partial charge on any atom is 0.0189 e. The predicted molar refractivity (Wildman–Crippen MR) is 92.9 cm³/mol. The van der Waals surface area contributed by atoms with E-state index in [2.05, 4.69) is 85.8 Å². The molecule has 21 heavy (non-hydrogen) atoms. The van der Waals surface area contributed by atoms with Gasteiger partial charge in [-0.25, -0.2) is 0 Å². The quantitative estimate of drug-likeness (QED) is 0.675. The van der Waals surface area contributed by atoms with Crippen LogP contribution in [0.15, 0.2) is 48.8 Å². The number of hydrogen-bond acceptors (Lipinski definition) is 2. The van der Waals surface area contributed by atoms with Gasteiger partial charge < -0.3 is 18.2 Å². The normalized spacial score (nSPS) is 14.1.